The van der Waals surface area contributed by atoms with Gasteiger partial charge in [0.15, 0.2) is 0 Å². The van der Waals surface area contributed by atoms with Gasteiger partial charge < -0.3 is 5.32 Å². The van der Waals surface area contributed by atoms with Crippen molar-refractivity contribution in [2.24, 2.45) is 5.92 Å². The molecule has 168 valence electrons. The Morgan fingerprint density at radius 2 is 1.67 bits per heavy atom. The summed E-state index contributed by atoms with van der Waals surface area (Å²) in [5.74, 6) is -1.49. The molecule has 5 nitrogen and oxygen atoms in total. The summed E-state index contributed by atoms with van der Waals surface area (Å²) in [6, 6.07) is 8.98. The highest BCUT2D eigenvalue weighted by atomic mass is 32.2. The summed E-state index contributed by atoms with van der Waals surface area (Å²) < 4.78 is 64.7. The van der Waals surface area contributed by atoms with Crippen LogP contribution in [-0.2, 0) is 20.2 Å². The van der Waals surface area contributed by atoms with Crippen LogP contribution in [0.2, 0.25) is 0 Å². The fourth-order valence-electron chi connectivity index (χ4n) is 4.62. The first kappa shape index (κ1) is 23.1. The molecule has 1 aliphatic carbocycles. The summed E-state index contributed by atoms with van der Waals surface area (Å²) in [5, 5.41) is 2.99. The zero-order chi connectivity index (χ0) is 22.0. The van der Waals surface area contributed by atoms with Gasteiger partial charge in [0, 0.05) is 19.1 Å². The average Bonchev–Trinajstić information content (AvgIpc) is 2.74. The summed E-state index contributed by atoms with van der Waals surface area (Å²) >= 11 is 0. The quantitative estimate of drug-likeness (QED) is 0.752. The van der Waals surface area contributed by atoms with E-state index in [9.17, 15) is 26.4 Å². The molecular formula is C21H29F3N2O3S. The number of carbonyl (C=O) groups excluding carboxylic acids is 1. The van der Waals surface area contributed by atoms with Crippen LogP contribution < -0.4 is 5.32 Å². The van der Waals surface area contributed by atoms with Crippen molar-refractivity contribution in [2.75, 3.05) is 18.8 Å². The van der Waals surface area contributed by atoms with E-state index in [0.717, 1.165) is 5.56 Å². The van der Waals surface area contributed by atoms with E-state index >= 15 is 0 Å². The van der Waals surface area contributed by atoms with Crippen LogP contribution in [0.5, 0.6) is 0 Å². The smallest absolute Gasteiger partial charge is 0.353 e. The number of hydrogen-bond donors (Lipinski definition) is 1. The van der Waals surface area contributed by atoms with Gasteiger partial charge in [-0.3, -0.25) is 4.79 Å². The van der Waals surface area contributed by atoms with E-state index in [-0.39, 0.29) is 43.6 Å². The Hall–Kier alpha value is -1.61. The first-order valence-corrected chi connectivity index (χ1v) is 12.1. The van der Waals surface area contributed by atoms with Crippen LogP contribution in [0.25, 0.3) is 0 Å². The number of nitrogens with zero attached hydrogens (tertiary/aromatic N) is 1. The summed E-state index contributed by atoms with van der Waals surface area (Å²) in [6.45, 7) is 2.09. The molecule has 1 saturated carbocycles. The molecule has 0 aromatic heterocycles. The van der Waals surface area contributed by atoms with Crippen LogP contribution in [0.3, 0.4) is 0 Å². The lowest BCUT2D eigenvalue weighted by Gasteiger charge is -2.41. The van der Waals surface area contributed by atoms with E-state index in [1.54, 1.807) is 6.92 Å². The van der Waals surface area contributed by atoms with Crippen LogP contribution in [0.4, 0.5) is 13.2 Å². The number of amides is 1. The third-order valence-electron chi connectivity index (χ3n) is 6.62. The molecule has 0 atom stereocenters. The van der Waals surface area contributed by atoms with E-state index in [1.165, 1.54) is 4.31 Å². The van der Waals surface area contributed by atoms with Gasteiger partial charge in [-0.2, -0.15) is 13.2 Å². The zero-order valence-electron chi connectivity index (χ0n) is 17.1. The Morgan fingerprint density at radius 1 is 1.10 bits per heavy atom. The van der Waals surface area contributed by atoms with Crippen molar-refractivity contribution in [1.29, 1.82) is 0 Å². The average molecular weight is 447 g/mol. The van der Waals surface area contributed by atoms with Crippen molar-refractivity contribution >= 4 is 15.9 Å². The molecule has 9 heteroatoms. The lowest BCUT2D eigenvalue weighted by molar-refractivity contribution is -0.182. The number of benzene rings is 1. The summed E-state index contributed by atoms with van der Waals surface area (Å²) in [5.41, 5.74) is -0.0537. The largest absolute Gasteiger partial charge is 0.391 e. The predicted octanol–water partition coefficient (Wildman–Crippen LogP) is 3.61. The molecule has 0 unspecified atom stereocenters. The molecule has 1 aliphatic heterocycles. The van der Waals surface area contributed by atoms with E-state index in [2.05, 4.69) is 5.32 Å². The van der Waals surface area contributed by atoms with Crippen molar-refractivity contribution < 1.29 is 26.4 Å². The number of alkyl halides is 3. The monoisotopic (exact) mass is 446 g/mol. The van der Waals surface area contributed by atoms with Gasteiger partial charge in [-0.1, -0.05) is 30.3 Å². The summed E-state index contributed by atoms with van der Waals surface area (Å²) in [4.78, 5) is 13.4. The number of halogens is 3. The lowest BCUT2D eigenvalue weighted by Crippen LogP contribution is -2.55. The molecule has 0 spiro atoms. The van der Waals surface area contributed by atoms with Crippen molar-refractivity contribution in [2.45, 2.75) is 63.1 Å². The Labute approximate surface area is 176 Å². The Balaban J connectivity index is 1.74. The molecule has 1 amide bonds. The van der Waals surface area contributed by atoms with E-state index < -0.39 is 27.5 Å². The molecular weight excluding hydrogens is 417 g/mol. The van der Waals surface area contributed by atoms with Gasteiger partial charge in [-0.25, -0.2) is 12.7 Å². The number of rotatable bonds is 5. The van der Waals surface area contributed by atoms with Crippen LogP contribution in [0.1, 0.15) is 51.0 Å². The molecule has 2 aliphatic rings. The fourth-order valence-corrected chi connectivity index (χ4v) is 5.73. The maximum atomic E-state index is 13.4. The minimum atomic E-state index is -4.18. The van der Waals surface area contributed by atoms with Crippen molar-refractivity contribution in [3.63, 3.8) is 0 Å². The predicted molar refractivity (Wildman–Crippen MR) is 108 cm³/mol. The van der Waals surface area contributed by atoms with Crippen molar-refractivity contribution in [3.05, 3.63) is 35.9 Å². The number of hydrogen-bond acceptors (Lipinski definition) is 3. The number of piperidine rings is 1. The highest BCUT2D eigenvalue weighted by Gasteiger charge is 2.46. The van der Waals surface area contributed by atoms with Gasteiger partial charge in [0.2, 0.25) is 15.9 Å². The van der Waals surface area contributed by atoms with Gasteiger partial charge in [0.1, 0.15) is 0 Å². The van der Waals surface area contributed by atoms with Gasteiger partial charge in [0.25, 0.3) is 0 Å². The zero-order valence-corrected chi connectivity index (χ0v) is 17.9. The number of carbonyl (C=O) groups is 1. The van der Waals surface area contributed by atoms with Crippen LogP contribution in [0, 0.1) is 5.92 Å². The topological polar surface area (TPSA) is 66.5 Å². The Bertz CT molecular complexity index is 827. The maximum Gasteiger partial charge on any atom is 0.391 e. The fraction of sp³-hybridized carbons (Fsp3) is 0.667. The molecule has 30 heavy (non-hydrogen) atoms. The van der Waals surface area contributed by atoms with Crippen LogP contribution in [-0.4, -0.2) is 49.7 Å². The third-order valence-corrected chi connectivity index (χ3v) is 8.50. The van der Waals surface area contributed by atoms with Crippen molar-refractivity contribution in [1.82, 2.24) is 9.62 Å². The van der Waals surface area contributed by atoms with Gasteiger partial charge >= 0.3 is 6.18 Å². The lowest BCUT2D eigenvalue weighted by atomic mass is 9.72. The van der Waals surface area contributed by atoms with Crippen LogP contribution >= 0.6 is 0 Å². The van der Waals surface area contributed by atoms with E-state index in [4.69, 9.17) is 0 Å². The summed E-state index contributed by atoms with van der Waals surface area (Å²) in [7, 11) is -3.33. The number of nitrogens with one attached hydrogen (secondary N) is 1. The highest BCUT2D eigenvalue weighted by Crippen LogP contribution is 2.39. The highest BCUT2D eigenvalue weighted by molar-refractivity contribution is 7.89. The minimum absolute atomic E-state index is 0.0139. The second-order valence-corrected chi connectivity index (χ2v) is 10.6. The van der Waals surface area contributed by atoms with Gasteiger partial charge in [0.05, 0.1) is 17.1 Å². The number of sulfonamides is 1. The maximum absolute atomic E-state index is 13.4. The Kier molecular flexibility index (Phi) is 6.81. The molecule has 0 radical (unpaired) electrons. The molecule has 1 heterocycles. The molecule has 0 bridgehead atoms. The van der Waals surface area contributed by atoms with E-state index in [0.29, 0.717) is 25.7 Å². The standard InChI is InChI=1S/C21H29F3N2O3S/c1-2-30(28,29)26-14-12-20(13-15-26,16-6-4-3-5-7-16)19(27)25-18-10-8-17(9-11-18)21(22,23)24/h3-7,17-18H,2,8-15H2,1H3,(H,25,27). The normalized spacial score (nSPS) is 25.6. The molecule has 1 saturated heterocycles. The second-order valence-electron chi connectivity index (χ2n) is 8.31. The van der Waals surface area contributed by atoms with Crippen LogP contribution in [0.15, 0.2) is 30.3 Å². The molecule has 3 rings (SSSR count). The summed E-state index contributed by atoms with van der Waals surface area (Å²) in [6.07, 6.45) is -2.84. The molecule has 2 fully saturated rings. The first-order valence-electron chi connectivity index (χ1n) is 10.5. The van der Waals surface area contributed by atoms with Crippen molar-refractivity contribution in [3.8, 4) is 0 Å². The molecule has 1 aromatic carbocycles. The Morgan fingerprint density at radius 3 is 2.17 bits per heavy atom. The third kappa shape index (κ3) is 4.82. The van der Waals surface area contributed by atoms with E-state index in [1.807, 2.05) is 30.3 Å². The second kappa shape index (κ2) is 8.86. The van der Waals surface area contributed by atoms with Gasteiger partial charge in [-0.15, -0.1) is 0 Å². The molecule has 1 aromatic rings. The molecule has 1 N–H and O–H groups in total. The first-order chi connectivity index (χ1) is 14.1. The van der Waals surface area contributed by atoms with Gasteiger partial charge in [-0.05, 0) is 51.0 Å². The minimum Gasteiger partial charge on any atom is -0.353 e. The SMILES string of the molecule is CCS(=O)(=O)N1CCC(C(=O)NC2CCC(C(F)(F)F)CC2)(c2ccccc2)CC1.